The first-order chi connectivity index (χ1) is 16.5. The molecule has 0 saturated carbocycles. The van der Waals surface area contributed by atoms with Crippen molar-refractivity contribution in [2.24, 2.45) is 0 Å². The van der Waals surface area contributed by atoms with Crippen molar-refractivity contribution in [3.05, 3.63) is 104 Å². The summed E-state index contributed by atoms with van der Waals surface area (Å²) in [7, 11) is 0. The third-order valence-electron chi connectivity index (χ3n) is 5.54. The molecule has 0 saturated heterocycles. The van der Waals surface area contributed by atoms with Crippen LogP contribution in [0.1, 0.15) is 22.3 Å². The standard InChI is InChI=1S/C20F16/c21-5-1-2(6(22)12(28)11(5)27)20(36,4-9(25)15(31)18(34)16(32)10(4)26)19(1,35)3-7(23)13(29)17(33)14(30)8(3)24. The Labute approximate surface area is 186 Å². The molecule has 16 heteroatoms. The van der Waals surface area contributed by atoms with Gasteiger partial charge in [0.15, 0.2) is 69.8 Å². The summed E-state index contributed by atoms with van der Waals surface area (Å²) in [6.07, 6.45) is 0. The second kappa shape index (κ2) is 7.52. The molecule has 0 amide bonds. The van der Waals surface area contributed by atoms with Gasteiger partial charge >= 0.3 is 0 Å². The predicted molar refractivity (Wildman–Crippen MR) is 82.5 cm³/mol. The second-order valence-corrected chi connectivity index (χ2v) is 7.21. The van der Waals surface area contributed by atoms with Gasteiger partial charge < -0.3 is 0 Å². The van der Waals surface area contributed by atoms with Crippen LogP contribution >= 0.6 is 0 Å². The first kappa shape index (κ1) is 25.6. The summed E-state index contributed by atoms with van der Waals surface area (Å²) in [6.45, 7) is 0. The van der Waals surface area contributed by atoms with Crippen molar-refractivity contribution in [2.75, 3.05) is 0 Å². The summed E-state index contributed by atoms with van der Waals surface area (Å²) in [6, 6.07) is 0. The Morgan fingerprint density at radius 3 is 0.556 bits per heavy atom. The SMILES string of the molecule is Fc1c(F)c(F)c(C2(F)c3c(F)c(F)c(F)c(F)c3C2(F)c2c(F)c(F)c(F)c(F)c2F)c(F)c1F. The molecule has 0 aliphatic heterocycles. The second-order valence-electron chi connectivity index (χ2n) is 7.21. The first-order valence-electron chi connectivity index (χ1n) is 8.77. The normalized spacial score (nSPS) is 21.0. The van der Waals surface area contributed by atoms with E-state index in [0.29, 0.717) is 0 Å². The minimum atomic E-state index is -5.64. The Bertz CT molecular complexity index is 1340. The molecule has 0 spiro atoms. The molecule has 192 valence electrons. The number of alkyl halides is 2. The summed E-state index contributed by atoms with van der Waals surface area (Å²) in [4.78, 5) is 0. The monoisotopic (exact) mass is 544 g/mol. The smallest absolute Gasteiger partial charge is 0.212 e. The summed E-state index contributed by atoms with van der Waals surface area (Å²) in [5.74, 6) is -44.4. The topological polar surface area (TPSA) is 0 Å². The van der Waals surface area contributed by atoms with Crippen LogP contribution in [0.15, 0.2) is 0 Å². The minimum Gasteiger partial charge on any atom is -0.229 e. The zero-order chi connectivity index (χ0) is 27.4. The van der Waals surface area contributed by atoms with E-state index >= 15 is 8.78 Å². The van der Waals surface area contributed by atoms with Gasteiger partial charge in [0.1, 0.15) is 0 Å². The number of fused-ring (bicyclic) bond motifs is 1. The van der Waals surface area contributed by atoms with Crippen LogP contribution in [0.2, 0.25) is 0 Å². The lowest BCUT2D eigenvalue weighted by molar-refractivity contribution is -0.0459. The van der Waals surface area contributed by atoms with Crippen LogP contribution in [0.25, 0.3) is 0 Å². The molecule has 0 radical (unpaired) electrons. The third kappa shape index (κ3) is 2.58. The molecular weight excluding hydrogens is 544 g/mol. The van der Waals surface area contributed by atoms with E-state index in [1.807, 2.05) is 0 Å². The molecule has 3 aromatic rings. The summed E-state index contributed by atoms with van der Waals surface area (Å²) in [5.41, 5.74) is -23.1. The average Bonchev–Trinajstić information content (AvgIpc) is 2.84. The van der Waals surface area contributed by atoms with E-state index in [9.17, 15) is 61.5 Å². The molecule has 36 heavy (non-hydrogen) atoms. The van der Waals surface area contributed by atoms with E-state index in [-0.39, 0.29) is 0 Å². The molecule has 0 fully saturated rings. The van der Waals surface area contributed by atoms with Gasteiger partial charge in [0.2, 0.25) is 23.0 Å². The van der Waals surface area contributed by atoms with Crippen LogP contribution in [-0.2, 0) is 11.3 Å². The highest BCUT2D eigenvalue weighted by Gasteiger charge is 2.75. The molecule has 0 bridgehead atoms. The quantitative estimate of drug-likeness (QED) is 0.184. The highest BCUT2D eigenvalue weighted by atomic mass is 19.2. The molecule has 0 heterocycles. The van der Waals surface area contributed by atoms with Gasteiger partial charge in [0, 0.05) is 11.1 Å². The Balaban J connectivity index is 2.33. The van der Waals surface area contributed by atoms with E-state index in [2.05, 4.69) is 0 Å². The number of benzene rings is 3. The lowest BCUT2D eigenvalue weighted by Crippen LogP contribution is -2.58. The lowest BCUT2D eigenvalue weighted by Gasteiger charge is -2.50. The molecule has 4 rings (SSSR count). The Hall–Kier alpha value is -3.46. The van der Waals surface area contributed by atoms with Gasteiger partial charge in [-0.3, -0.25) is 0 Å². The molecule has 2 unspecified atom stereocenters. The number of halogens is 16. The fourth-order valence-electron chi connectivity index (χ4n) is 3.97. The van der Waals surface area contributed by atoms with E-state index in [0.717, 1.165) is 0 Å². The van der Waals surface area contributed by atoms with Gasteiger partial charge in [-0.05, 0) is 0 Å². The minimum absolute atomic E-state index is 2.73. The predicted octanol–water partition coefficient (Wildman–Crippen LogP) is 7.07. The van der Waals surface area contributed by atoms with Crippen LogP contribution in [0.4, 0.5) is 70.2 Å². The Kier molecular flexibility index (Phi) is 5.35. The van der Waals surface area contributed by atoms with Crippen LogP contribution in [-0.4, -0.2) is 0 Å². The van der Waals surface area contributed by atoms with E-state index in [1.54, 1.807) is 0 Å². The van der Waals surface area contributed by atoms with Gasteiger partial charge in [0.05, 0.1) is 11.1 Å². The molecule has 1 aliphatic carbocycles. The highest BCUT2D eigenvalue weighted by Crippen LogP contribution is 2.68. The van der Waals surface area contributed by atoms with Crippen molar-refractivity contribution >= 4 is 0 Å². The molecular formula is C20F16. The van der Waals surface area contributed by atoms with Crippen molar-refractivity contribution < 1.29 is 70.2 Å². The molecule has 0 aromatic heterocycles. The van der Waals surface area contributed by atoms with Crippen LogP contribution in [0.5, 0.6) is 0 Å². The number of hydrogen-bond acceptors (Lipinski definition) is 0. The molecule has 0 N–H and O–H groups in total. The third-order valence-corrected chi connectivity index (χ3v) is 5.54. The zero-order valence-electron chi connectivity index (χ0n) is 16.0. The van der Waals surface area contributed by atoms with Gasteiger partial charge in [-0.2, -0.15) is 0 Å². The Morgan fingerprint density at radius 1 is 0.222 bits per heavy atom. The lowest BCUT2D eigenvalue weighted by atomic mass is 9.56. The average molecular weight is 544 g/mol. The fraction of sp³-hybridized carbons (Fsp3) is 0.100. The molecule has 2 atom stereocenters. The zero-order valence-corrected chi connectivity index (χ0v) is 16.0. The maximum absolute atomic E-state index is 16.2. The summed E-state index contributed by atoms with van der Waals surface area (Å²) >= 11 is 0. The molecule has 0 nitrogen and oxygen atoms in total. The van der Waals surface area contributed by atoms with E-state index < -0.39 is 115 Å². The van der Waals surface area contributed by atoms with Gasteiger partial charge in [-0.25, -0.2) is 70.2 Å². The maximum atomic E-state index is 16.2. The Morgan fingerprint density at radius 2 is 0.361 bits per heavy atom. The maximum Gasteiger partial charge on any atom is 0.212 e. The van der Waals surface area contributed by atoms with Crippen LogP contribution < -0.4 is 0 Å². The van der Waals surface area contributed by atoms with Crippen LogP contribution in [0, 0.1) is 81.4 Å². The largest absolute Gasteiger partial charge is 0.229 e. The van der Waals surface area contributed by atoms with Gasteiger partial charge in [-0.1, -0.05) is 0 Å². The molecule has 1 aliphatic rings. The van der Waals surface area contributed by atoms with Crippen LogP contribution in [0.3, 0.4) is 0 Å². The van der Waals surface area contributed by atoms with Crippen molar-refractivity contribution in [1.29, 1.82) is 0 Å². The van der Waals surface area contributed by atoms with Crippen molar-refractivity contribution in [2.45, 2.75) is 11.3 Å². The number of hydrogen-bond donors (Lipinski definition) is 0. The van der Waals surface area contributed by atoms with E-state index in [4.69, 9.17) is 0 Å². The summed E-state index contributed by atoms with van der Waals surface area (Å²) in [5, 5.41) is 0. The van der Waals surface area contributed by atoms with Gasteiger partial charge in [-0.15, -0.1) is 0 Å². The number of rotatable bonds is 2. The van der Waals surface area contributed by atoms with Gasteiger partial charge in [0.25, 0.3) is 0 Å². The van der Waals surface area contributed by atoms with E-state index in [1.165, 1.54) is 0 Å². The summed E-state index contributed by atoms with van der Waals surface area (Å²) < 4.78 is 228. The highest BCUT2D eigenvalue weighted by molar-refractivity contribution is 5.65. The van der Waals surface area contributed by atoms with Crippen molar-refractivity contribution in [1.82, 2.24) is 0 Å². The molecule has 3 aromatic carbocycles. The fourth-order valence-corrected chi connectivity index (χ4v) is 3.97. The van der Waals surface area contributed by atoms with Crippen molar-refractivity contribution in [3.8, 4) is 0 Å². The van der Waals surface area contributed by atoms with Crippen molar-refractivity contribution in [3.63, 3.8) is 0 Å². The first-order valence-corrected chi connectivity index (χ1v) is 8.77.